The van der Waals surface area contributed by atoms with Crippen LogP contribution in [0.5, 0.6) is 0 Å². The summed E-state index contributed by atoms with van der Waals surface area (Å²) >= 11 is 0. The van der Waals surface area contributed by atoms with Gasteiger partial charge in [0.1, 0.15) is 0 Å². The minimum absolute atomic E-state index is 0.117. The first-order valence-corrected chi connectivity index (χ1v) is 7.33. The lowest BCUT2D eigenvalue weighted by Gasteiger charge is -2.46. The van der Waals surface area contributed by atoms with Crippen LogP contribution in [0, 0.1) is 19.8 Å². The minimum atomic E-state index is 0.117. The summed E-state index contributed by atoms with van der Waals surface area (Å²) in [6.07, 6.45) is 1.80. The van der Waals surface area contributed by atoms with Crippen LogP contribution in [0.25, 0.3) is 0 Å². The largest absolute Gasteiger partial charge is 0.378 e. The smallest absolute Gasteiger partial charge is 0.169 e. The summed E-state index contributed by atoms with van der Waals surface area (Å²) in [6, 6.07) is 0.766. The standard InChI is InChI=1S/C15H23N3O2/c1-9-14(10(2)18(4)16-9)15(19)11-5-12-7-20-8-13(6-11)17(12)3/h11-13H,5-8H2,1-4H3. The van der Waals surface area contributed by atoms with Gasteiger partial charge in [0.05, 0.1) is 24.5 Å². The molecule has 1 aromatic rings. The van der Waals surface area contributed by atoms with Crippen molar-refractivity contribution in [1.82, 2.24) is 14.7 Å². The maximum atomic E-state index is 12.9. The van der Waals surface area contributed by atoms with Crippen LogP contribution in [-0.4, -0.2) is 52.8 Å². The summed E-state index contributed by atoms with van der Waals surface area (Å²) in [7, 11) is 4.05. The molecule has 0 aliphatic carbocycles. The van der Waals surface area contributed by atoms with Crippen molar-refractivity contribution >= 4 is 5.78 Å². The zero-order valence-corrected chi connectivity index (χ0v) is 12.7. The van der Waals surface area contributed by atoms with E-state index < -0.39 is 0 Å². The van der Waals surface area contributed by atoms with Crippen LogP contribution < -0.4 is 0 Å². The zero-order valence-electron chi connectivity index (χ0n) is 12.7. The third kappa shape index (κ3) is 2.09. The second-order valence-corrected chi connectivity index (χ2v) is 6.21. The van der Waals surface area contributed by atoms with Crippen LogP contribution in [0.1, 0.15) is 34.6 Å². The maximum absolute atomic E-state index is 12.9. The van der Waals surface area contributed by atoms with Crippen molar-refractivity contribution in [1.29, 1.82) is 0 Å². The van der Waals surface area contributed by atoms with Crippen molar-refractivity contribution < 1.29 is 9.53 Å². The van der Waals surface area contributed by atoms with Gasteiger partial charge in [0.2, 0.25) is 0 Å². The lowest BCUT2D eigenvalue weighted by atomic mass is 9.80. The zero-order chi connectivity index (χ0) is 14.4. The van der Waals surface area contributed by atoms with E-state index in [9.17, 15) is 4.79 Å². The third-order valence-corrected chi connectivity index (χ3v) is 5.01. The number of Topliss-reactive ketones (excluding diaryl/α,β-unsaturated/α-hetero) is 1. The molecule has 3 rings (SSSR count). The minimum Gasteiger partial charge on any atom is -0.378 e. The Hall–Kier alpha value is -1.20. The number of carbonyl (C=O) groups is 1. The molecular weight excluding hydrogens is 254 g/mol. The summed E-state index contributed by atoms with van der Waals surface area (Å²) in [5, 5.41) is 4.37. The monoisotopic (exact) mass is 277 g/mol. The van der Waals surface area contributed by atoms with Gasteiger partial charge in [-0.25, -0.2) is 0 Å². The van der Waals surface area contributed by atoms with E-state index in [-0.39, 0.29) is 11.7 Å². The van der Waals surface area contributed by atoms with Crippen molar-refractivity contribution in [2.75, 3.05) is 20.3 Å². The number of likely N-dealkylation sites (N-methyl/N-ethyl adjacent to an activating group) is 1. The predicted molar refractivity (Wildman–Crippen MR) is 75.9 cm³/mol. The van der Waals surface area contributed by atoms with Crippen LogP contribution in [0.2, 0.25) is 0 Å². The van der Waals surface area contributed by atoms with Crippen molar-refractivity contribution in [3.8, 4) is 0 Å². The highest BCUT2D eigenvalue weighted by Gasteiger charge is 2.40. The molecule has 2 fully saturated rings. The Morgan fingerprint density at radius 2 is 1.80 bits per heavy atom. The third-order valence-electron chi connectivity index (χ3n) is 5.01. The molecular formula is C15H23N3O2. The molecule has 0 spiro atoms. The number of ketones is 1. The highest BCUT2D eigenvalue weighted by molar-refractivity contribution is 6.00. The van der Waals surface area contributed by atoms with E-state index in [4.69, 9.17) is 4.74 Å². The van der Waals surface area contributed by atoms with E-state index in [0.717, 1.165) is 43.0 Å². The lowest BCUT2D eigenvalue weighted by molar-refractivity contribution is -0.0702. The first-order chi connectivity index (χ1) is 9.49. The Morgan fingerprint density at radius 1 is 1.20 bits per heavy atom. The number of nitrogens with zero attached hydrogens (tertiary/aromatic N) is 3. The van der Waals surface area contributed by atoms with E-state index in [1.807, 2.05) is 25.6 Å². The van der Waals surface area contributed by atoms with Gasteiger partial charge in [-0.15, -0.1) is 0 Å². The van der Waals surface area contributed by atoms with Crippen molar-refractivity contribution in [2.45, 2.75) is 38.8 Å². The van der Waals surface area contributed by atoms with Crippen LogP contribution in [-0.2, 0) is 11.8 Å². The SMILES string of the molecule is Cc1nn(C)c(C)c1C(=O)C1CC2COCC(C1)N2C. The fourth-order valence-electron chi connectivity index (χ4n) is 3.64. The quantitative estimate of drug-likeness (QED) is 0.765. The Labute approximate surface area is 119 Å². The molecule has 5 heteroatoms. The second kappa shape index (κ2) is 4.97. The first kappa shape index (κ1) is 13.8. The van der Waals surface area contributed by atoms with Gasteiger partial charge in [-0.1, -0.05) is 0 Å². The highest BCUT2D eigenvalue weighted by Crippen LogP contribution is 2.33. The molecule has 1 aromatic heterocycles. The van der Waals surface area contributed by atoms with E-state index >= 15 is 0 Å². The molecule has 0 N–H and O–H groups in total. The Kier molecular flexibility index (Phi) is 3.42. The normalized spacial score (nSPS) is 30.5. The number of rotatable bonds is 2. The van der Waals surface area contributed by atoms with Crippen LogP contribution >= 0.6 is 0 Å². The first-order valence-electron chi connectivity index (χ1n) is 7.33. The number of ether oxygens (including phenoxy) is 1. The highest BCUT2D eigenvalue weighted by atomic mass is 16.5. The fourth-order valence-corrected chi connectivity index (χ4v) is 3.64. The van der Waals surface area contributed by atoms with E-state index in [1.54, 1.807) is 0 Å². The number of hydrogen-bond donors (Lipinski definition) is 0. The average molecular weight is 277 g/mol. The molecule has 0 aromatic carbocycles. The molecule has 2 saturated heterocycles. The molecule has 5 nitrogen and oxygen atoms in total. The summed E-state index contributed by atoms with van der Waals surface area (Å²) in [6.45, 7) is 5.41. The molecule has 3 heterocycles. The van der Waals surface area contributed by atoms with Gasteiger partial charge in [-0.2, -0.15) is 5.10 Å². The van der Waals surface area contributed by atoms with E-state index in [0.29, 0.717) is 12.1 Å². The van der Waals surface area contributed by atoms with Crippen LogP contribution in [0.4, 0.5) is 0 Å². The van der Waals surface area contributed by atoms with Crippen LogP contribution in [0.3, 0.4) is 0 Å². The number of piperidine rings is 1. The summed E-state index contributed by atoms with van der Waals surface area (Å²) in [5.74, 6) is 0.393. The number of aryl methyl sites for hydroxylation is 2. The van der Waals surface area contributed by atoms with E-state index in [1.165, 1.54) is 0 Å². The Balaban J connectivity index is 1.85. The average Bonchev–Trinajstić information content (AvgIpc) is 2.62. The van der Waals surface area contributed by atoms with Gasteiger partial charge in [-0.05, 0) is 33.7 Å². The number of aromatic nitrogens is 2. The number of morpholine rings is 1. The van der Waals surface area contributed by atoms with Crippen molar-refractivity contribution in [2.24, 2.45) is 13.0 Å². The Bertz CT molecular complexity index is 523. The van der Waals surface area contributed by atoms with Gasteiger partial charge in [0.15, 0.2) is 5.78 Å². The van der Waals surface area contributed by atoms with Gasteiger partial charge in [0.25, 0.3) is 0 Å². The van der Waals surface area contributed by atoms with E-state index in [2.05, 4.69) is 17.0 Å². The van der Waals surface area contributed by atoms with Crippen molar-refractivity contribution in [3.63, 3.8) is 0 Å². The molecule has 0 radical (unpaired) electrons. The molecule has 2 atom stereocenters. The Morgan fingerprint density at radius 3 is 2.30 bits per heavy atom. The molecule has 2 aliphatic heterocycles. The molecule has 2 aliphatic rings. The van der Waals surface area contributed by atoms with Gasteiger partial charge >= 0.3 is 0 Å². The number of hydrogen-bond acceptors (Lipinski definition) is 4. The maximum Gasteiger partial charge on any atom is 0.169 e. The molecule has 20 heavy (non-hydrogen) atoms. The number of carbonyl (C=O) groups excluding carboxylic acids is 1. The molecule has 2 bridgehead atoms. The summed E-state index contributed by atoms with van der Waals surface area (Å²) in [5.41, 5.74) is 2.67. The lowest BCUT2D eigenvalue weighted by Crippen LogP contribution is -2.55. The van der Waals surface area contributed by atoms with Gasteiger partial charge in [0, 0.05) is 30.7 Å². The van der Waals surface area contributed by atoms with Gasteiger partial charge in [-0.3, -0.25) is 14.4 Å². The van der Waals surface area contributed by atoms with Gasteiger partial charge < -0.3 is 4.74 Å². The predicted octanol–water partition coefficient (Wildman–Crippen LogP) is 1.33. The fraction of sp³-hybridized carbons (Fsp3) is 0.733. The molecule has 0 amide bonds. The van der Waals surface area contributed by atoms with Crippen molar-refractivity contribution in [3.05, 3.63) is 17.0 Å². The topological polar surface area (TPSA) is 47.4 Å². The molecule has 2 unspecified atom stereocenters. The molecule has 0 saturated carbocycles. The molecule has 110 valence electrons. The number of fused-ring (bicyclic) bond motifs is 2. The second-order valence-electron chi connectivity index (χ2n) is 6.21. The summed E-state index contributed by atoms with van der Waals surface area (Å²) in [4.78, 5) is 15.3. The van der Waals surface area contributed by atoms with Crippen LogP contribution in [0.15, 0.2) is 0 Å². The summed E-state index contributed by atoms with van der Waals surface area (Å²) < 4.78 is 7.43.